The highest BCUT2D eigenvalue weighted by molar-refractivity contribution is 5.93. The molecule has 2 saturated heterocycles. The van der Waals surface area contributed by atoms with Gasteiger partial charge in [0, 0.05) is 45.1 Å². The number of H-pyrrole nitrogens is 1. The summed E-state index contributed by atoms with van der Waals surface area (Å²) in [4.78, 5) is 46.5. The fourth-order valence-electron chi connectivity index (χ4n) is 3.47. The van der Waals surface area contributed by atoms with Crippen LogP contribution in [-0.2, 0) is 4.74 Å². The lowest BCUT2D eigenvalue weighted by atomic mass is 9.91. The van der Waals surface area contributed by atoms with Gasteiger partial charge in [0.2, 0.25) is 0 Å². The molecule has 0 radical (unpaired) electrons. The molecule has 1 aromatic rings. The first-order chi connectivity index (χ1) is 11.5. The highest BCUT2D eigenvalue weighted by Crippen LogP contribution is 2.37. The van der Waals surface area contributed by atoms with Crippen molar-refractivity contribution in [3.63, 3.8) is 0 Å². The normalized spacial score (nSPS) is 22.8. The Balaban J connectivity index is 1.45. The standard InChI is InChI=1S/C16H20N4O4/c1-19-9-16(24-15(19)23)4-6-20(7-5-16)14(22)11-8-17-12(10-2-3-10)18-13(11)21/h8,10H,2-7,9H2,1H3,(H,17,18,21). The van der Waals surface area contributed by atoms with Gasteiger partial charge in [-0.2, -0.15) is 0 Å². The highest BCUT2D eigenvalue weighted by atomic mass is 16.6. The van der Waals surface area contributed by atoms with E-state index in [0.717, 1.165) is 12.8 Å². The second-order valence-electron chi connectivity index (χ2n) is 6.98. The predicted molar refractivity (Wildman–Crippen MR) is 83.8 cm³/mol. The summed E-state index contributed by atoms with van der Waals surface area (Å²) in [5.74, 6) is 0.708. The number of likely N-dealkylation sites (N-methyl/N-ethyl adjacent to an activating group) is 1. The van der Waals surface area contributed by atoms with Crippen LogP contribution in [0.3, 0.4) is 0 Å². The number of aromatic nitrogens is 2. The van der Waals surface area contributed by atoms with Crippen molar-refractivity contribution in [1.29, 1.82) is 0 Å². The zero-order valence-corrected chi connectivity index (χ0v) is 13.6. The molecule has 3 aliphatic rings. The third kappa shape index (κ3) is 2.55. The molecule has 0 bridgehead atoms. The summed E-state index contributed by atoms with van der Waals surface area (Å²) < 4.78 is 5.48. The van der Waals surface area contributed by atoms with Crippen molar-refractivity contribution in [2.75, 3.05) is 26.7 Å². The zero-order valence-electron chi connectivity index (χ0n) is 13.6. The van der Waals surface area contributed by atoms with Gasteiger partial charge in [-0.05, 0) is 12.8 Å². The monoisotopic (exact) mass is 332 g/mol. The number of amides is 2. The lowest BCUT2D eigenvalue weighted by Gasteiger charge is -2.37. The topological polar surface area (TPSA) is 95.6 Å². The lowest BCUT2D eigenvalue weighted by molar-refractivity contribution is 0.00311. The van der Waals surface area contributed by atoms with Crippen molar-refractivity contribution in [2.24, 2.45) is 0 Å². The summed E-state index contributed by atoms with van der Waals surface area (Å²) in [5.41, 5.74) is -0.788. The number of carbonyl (C=O) groups is 2. The Morgan fingerprint density at radius 3 is 2.58 bits per heavy atom. The first-order valence-corrected chi connectivity index (χ1v) is 8.30. The van der Waals surface area contributed by atoms with Crippen LogP contribution in [0.15, 0.2) is 11.0 Å². The number of hydrogen-bond donors (Lipinski definition) is 1. The van der Waals surface area contributed by atoms with Crippen molar-refractivity contribution >= 4 is 12.0 Å². The predicted octanol–water partition coefficient (Wildman–Crippen LogP) is 0.704. The molecule has 4 rings (SSSR count). The lowest BCUT2D eigenvalue weighted by Crippen LogP contribution is -2.49. The molecule has 1 saturated carbocycles. The second-order valence-corrected chi connectivity index (χ2v) is 6.98. The highest BCUT2D eigenvalue weighted by Gasteiger charge is 2.46. The van der Waals surface area contributed by atoms with Crippen molar-refractivity contribution in [2.45, 2.75) is 37.2 Å². The van der Waals surface area contributed by atoms with Crippen LogP contribution in [0.25, 0.3) is 0 Å². The van der Waals surface area contributed by atoms with Crippen LogP contribution < -0.4 is 5.56 Å². The van der Waals surface area contributed by atoms with Crippen LogP contribution in [0.2, 0.25) is 0 Å². The van der Waals surface area contributed by atoms with Gasteiger partial charge in [-0.15, -0.1) is 0 Å². The number of nitrogens with one attached hydrogen (secondary N) is 1. The van der Waals surface area contributed by atoms with E-state index in [9.17, 15) is 14.4 Å². The Morgan fingerprint density at radius 2 is 2.04 bits per heavy atom. The van der Waals surface area contributed by atoms with Gasteiger partial charge < -0.3 is 19.5 Å². The molecule has 24 heavy (non-hydrogen) atoms. The average molecular weight is 332 g/mol. The Bertz CT molecular complexity index is 747. The quantitative estimate of drug-likeness (QED) is 0.860. The van der Waals surface area contributed by atoms with E-state index in [-0.39, 0.29) is 23.1 Å². The molecule has 1 spiro atoms. The number of likely N-dealkylation sites (tertiary alicyclic amines) is 1. The minimum Gasteiger partial charge on any atom is -0.441 e. The van der Waals surface area contributed by atoms with Gasteiger partial charge >= 0.3 is 6.09 Å². The number of ether oxygens (including phenoxy) is 1. The number of hydrogen-bond acceptors (Lipinski definition) is 5. The van der Waals surface area contributed by atoms with E-state index in [1.165, 1.54) is 6.20 Å². The van der Waals surface area contributed by atoms with E-state index >= 15 is 0 Å². The van der Waals surface area contributed by atoms with Crippen LogP contribution in [0, 0.1) is 0 Å². The Labute approximate surface area is 138 Å². The first-order valence-electron chi connectivity index (χ1n) is 8.30. The average Bonchev–Trinajstić information content (AvgIpc) is 3.36. The van der Waals surface area contributed by atoms with Crippen LogP contribution >= 0.6 is 0 Å². The van der Waals surface area contributed by atoms with Crippen LogP contribution in [0.5, 0.6) is 0 Å². The summed E-state index contributed by atoms with van der Waals surface area (Å²) in [6.07, 6.45) is 4.32. The van der Waals surface area contributed by atoms with Gasteiger partial charge in [-0.3, -0.25) is 9.59 Å². The van der Waals surface area contributed by atoms with Gasteiger partial charge in [0.25, 0.3) is 11.5 Å². The fourth-order valence-corrected chi connectivity index (χ4v) is 3.47. The minimum absolute atomic E-state index is 0.0795. The molecule has 0 atom stereocenters. The summed E-state index contributed by atoms with van der Waals surface area (Å²) in [7, 11) is 1.71. The van der Waals surface area contributed by atoms with Gasteiger partial charge in [-0.1, -0.05) is 0 Å². The molecule has 3 fully saturated rings. The summed E-state index contributed by atoms with van der Waals surface area (Å²) in [5, 5.41) is 0. The minimum atomic E-state index is -0.497. The Hall–Kier alpha value is -2.38. The molecule has 128 valence electrons. The number of rotatable bonds is 2. The van der Waals surface area contributed by atoms with Crippen molar-refractivity contribution < 1.29 is 14.3 Å². The molecule has 0 aromatic carbocycles. The summed E-state index contributed by atoms with van der Waals surface area (Å²) >= 11 is 0. The van der Waals surface area contributed by atoms with E-state index in [4.69, 9.17) is 4.74 Å². The van der Waals surface area contributed by atoms with Gasteiger partial charge in [0.05, 0.1) is 6.54 Å². The van der Waals surface area contributed by atoms with E-state index in [0.29, 0.717) is 44.2 Å². The molecular formula is C16H20N4O4. The largest absolute Gasteiger partial charge is 0.441 e. The van der Waals surface area contributed by atoms with E-state index in [2.05, 4.69) is 9.97 Å². The number of carbonyl (C=O) groups excluding carboxylic acids is 2. The van der Waals surface area contributed by atoms with Crippen molar-refractivity contribution in [3.05, 3.63) is 27.9 Å². The molecular weight excluding hydrogens is 312 g/mol. The molecule has 1 aromatic heterocycles. The molecule has 2 aliphatic heterocycles. The van der Waals surface area contributed by atoms with Gasteiger partial charge in [0.1, 0.15) is 17.0 Å². The van der Waals surface area contributed by atoms with Crippen LogP contribution in [0.1, 0.15) is 47.8 Å². The third-order valence-electron chi connectivity index (χ3n) is 5.12. The van der Waals surface area contributed by atoms with Crippen molar-refractivity contribution in [3.8, 4) is 0 Å². The molecule has 8 heteroatoms. The molecule has 2 amide bonds. The maximum Gasteiger partial charge on any atom is 0.410 e. The fraction of sp³-hybridized carbons (Fsp3) is 0.625. The van der Waals surface area contributed by atoms with E-state index in [1.807, 2.05) is 0 Å². The Morgan fingerprint density at radius 1 is 1.33 bits per heavy atom. The smallest absolute Gasteiger partial charge is 0.410 e. The SMILES string of the molecule is CN1CC2(CCN(C(=O)c3cnc(C4CC4)[nH]c3=O)CC2)OC1=O. The zero-order chi connectivity index (χ0) is 16.9. The Kier molecular flexibility index (Phi) is 3.36. The number of nitrogens with zero attached hydrogens (tertiary/aromatic N) is 3. The summed E-state index contributed by atoms with van der Waals surface area (Å²) in [6, 6.07) is 0. The van der Waals surface area contributed by atoms with Crippen LogP contribution in [0.4, 0.5) is 4.79 Å². The van der Waals surface area contributed by atoms with E-state index in [1.54, 1.807) is 16.8 Å². The molecule has 1 aliphatic carbocycles. The molecule has 1 N–H and O–H groups in total. The van der Waals surface area contributed by atoms with Crippen LogP contribution in [-0.4, -0.2) is 64.1 Å². The van der Waals surface area contributed by atoms with E-state index < -0.39 is 5.60 Å². The first kappa shape index (κ1) is 15.2. The number of aromatic amines is 1. The number of piperidine rings is 1. The van der Waals surface area contributed by atoms with Gasteiger partial charge in [0.15, 0.2) is 0 Å². The third-order valence-corrected chi connectivity index (χ3v) is 5.12. The maximum atomic E-state index is 12.6. The molecule has 8 nitrogen and oxygen atoms in total. The summed E-state index contributed by atoms with van der Waals surface area (Å²) in [6.45, 7) is 1.47. The maximum absolute atomic E-state index is 12.6. The second kappa shape index (κ2) is 5.32. The molecule has 3 heterocycles. The molecule has 0 unspecified atom stereocenters. The van der Waals surface area contributed by atoms with Gasteiger partial charge in [-0.25, -0.2) is 9.78 Å². The van der Waals surface area contributed by atoms with Crippen molar-refractivity contribution in [1.82, 2.24) is 19.8 Å².